The lowest BCUT2D eigenvalue weighted by molar-refractivity contribution is -0.301. The highest BCUT2D eigenvalue weighted by Gasteiger charge is 2.43. The molecule has 1 fully saturated rings. The second-order valence-electron chi connectivity index (χ2n) is 6.02. The molecule has 144 valence electrons. The van der Waals surface area contributed by atoms with E-state index in [1.54, 1.807) is 0 Å². The van der Waals surface area contributed by atoms with Crippen molar-refractivity contribution in [3.8, 4) is 0 Å². The van der Waals surface area contributed by atoms with Gasteiger partial charge >= 0.3 is 0 Å². The molecule has 1 aliphatic heterocycles. The predicted octanol–water partition coefficient (Wildman–Crippen LogP) is 0.370. The molecule has 1 amide bonds. The smallest absolute Gasteiger partial charge is 0.218 e. The molecule has 1 saturated heterocycles. The summed E-state index contributed by atoms with van der Waals surface area (Å²) in [5.74, 6) is -0.435. The molecule has 0 aliphatic carbocycles. The molecular formula is C15H27N3O7. The summed E-state index contributed by atoms with van der Waals surface area (Å²) in [4.78, 5) is 13.4. The Bertz CT molecular complexity index is 443. The third kappa shape index (κ3) is 7.66. The first-order valence-electron chi connectivity index (χ1n) is 8.51. The molecule has 10 heteroatoms. The predicted molar refractivity (Wildman–Crippen MR) is 86.2 cm³/mol. The van der Waals surface area contributed by atoms with Gasteiger partial charge in [-0.2, -0.15) is 0 Å². The molecule has 25 heavy (non-hydrogen) atoms. The molecule has 1 aliphatic rings. The van der Waals surface area contributed by atoms with E-state index in [1.807, 2.05) is 0 Å². The van der Waals surface area contributed by atoms with E-state index in [0.717, 1.165) is 32.1 Å². The summed E-state index contributed by atoms with van der Waals surface area (Å²) in [5.41, 5.74) is 8.09. The number of hydrogen-bond donors (Lipinski definition) is 4. The van der Waals surface area contributed by atoms with Gasteiger partial charge in [0.1, 0.15) is 24.4 Å². The van der Waals surface area contributed by atoms with Crippen LogP contribution in [0.1, 0.15) is 44.9 Å². The van der Waals surface area contributed by atoms with Gasteiger partial charge in [0.2, 0.25) is 5.91 Å². The zero-order chi connectivity index (χ0) is 18.7. The van der Waals surface area contributed by atoms with Crippen LogP contribution in [0.5, 0.6) is 0 Å². The van der Waals surface area contributed by atoms with Gasteiger partial charge in [0.15, 0.2) is 6.29 Å². The summed E-state index contributed by atoms with van der Waals surface area (Å²) in [6.45, 7) is -0.162. The maximum atomic E-state index is 11.0. The van der Waals surface area contributed by atoms with Gasteiger partial charge < -0.3 is 29.9 Å². The monoisotopic (exact) mass is 361 g/mol. The Labute approximate surface area is 146 Å². The summed E-state index contributed by atoms with van der Waals surface area (Å²) in [6, 6.07) is 0. The minimum absolute atomic E-state index is 0.268. The van der Waals surface area contributed by atoms with Gasteiger partial charge in [-0.1, -0.05) is 25.7 Å². The van der Waals surface area contributed by atoms with E-state index < -0.39 is 43.2 Å². The van der Waals surface area contributed by atoms with Crippen LogP contribution in [0.15, 0.2) is 5.11 Å². The molecule has 0 spiro atoms. The topological polar surface area (TPSA) is 165 Å². The Morgan fingerprint density at radius 3 is 2.32 bits per heavy atom. The third-order valence-electron chi connectivity index (χ3n) is 4.07. The molecule has 0 unspecified atom stereocenters. The largest absolute Gasteiger partial charge is 0.394 e. The van der Waals surface area contributed by atoms with E-state index >= 15 is 0 Å². The number of unbranched alkanes of at least 4 members (excludes halogenated alkanes) is 5. The van der Waals surface area contributed by atoms with Crippen molar-refractivity contribution in [2.45, 2.75) is 75.7 Å². The van der Waals surface area contributed by atoms with Crippen molar-refractivity contribution in [3.63, 3.8) is 0 Å². The molecule has 4 N–H and O–H groups in total. The average molecular weight is 361 g/mol. The van der Waals surface area contributed by atoms with Gasteiger partial charge in [-0.25, -0.2) is 0 Å². The number of ether oxygens (including phenoxy) is 2. The number of rotatable bonds is 11. The normalized spacial score (nSPS) is 29.2. The highest BCUT2D eigenvalue weighted by Crippen LogP contribution is 2.22. The van der Waals surface area contributed by atoms with E-state index in [-0.39, 0.29) is 6.42 Å². The summed E-state index contributed by atoms with van der Waals surface area (Å²) in [5, 5.41) is 41.2. The van der Waals surface area contributed by atoms with E-state index in [4.69, 9.17) is 20.1 Å². The molecule has 0 aromatic rings. The average Bonchev–Trinajstić information content (AvgIpc) is 2.60. The lowest BCUT2D eigenvalue weighted by atomic mass is 9.99. The maximum Gasteiger partial charge on any atom is 0.218 e. The van der Waals surface area contributed by atoms with E-state index in [9.17, 15) is 20.1 Å². The van der Waals surface area contributed by atoms with Gasteiger partial charge in [-0.15, -0.1) is 0 Å². The van der Waals surface area contributed by atoms with E-state index in [1.165, 1.54) is 0 Å². The molecule has 0 radical (unpaired) electrons. The van der Waals surface area contributed by atoms with Gasteiger partial charge in [-0.05, 0) is 23.5 Å². The molecule has 10 nitrogen and oxygen atoms in total. The van der Waals surface area contributed by atoms with Crippen molar-refractivity contribution in [2.24, 2.45) is 5.11 Å². The Morgan fingerprint density at radius 2 is 1.68 bits per heavy atom. The van der Waals surface area contributed by atoms with Crippen molar-refractivity contribution in [3.05, 3.63) is 10.4 Å². The summed E-state index contributed by atoms with van der Waals surface area (Å²) < 4.78 is 10.6. The fourth-order valence-corrected chi connectivity index (χ4v) is 2.59. The van der Waals surface area contributed by atoms with Crippen LogP contribution in [0.4, 0.5) is 0 Å². The molecule has 0 aromatic heterocycles. The molecule has 0 aromatic carbocycles. The number of carbonyl (C=O) groups is 1. The number of aliphatic hydroxyl groups excluding tert-OH is 4. The third-order valence-corrected chi connectivity index (χ3v) is 4.07. The summed E-state index contributed by atoms with van der Waals surface area (Å²) in [7, 11) is 0. The molecule has 1 rings (SSSR count). The fourth-order valence-electron chi connectivity index (χ4n) is 2.59. The Hall–Kier alpha value is -1.26. The van der Waals surface area contributed by atoms with Crippen molar-refractivity contribution in [1.82, 2.24) is 0 Å². The molecule has 0 saturated carbocycles. The van der Waals surface area contributed by atoms with Gasteiger partial charge in [0.05, 0.1) is 6.61 Å². The van der Waals surface area contributed by atoms with Crippen LogP contribution < -0.4 is 0 Å². The first-order chi connectivity index (χ1) is 12.0. The van der Waals surface area contributed by atoms with Gasteiger partial charge in [0.25, 0.3) is 0 Å². The van der Waals surface area contributed by atoms with Crippen LogP contribution in [-0.2, 0) is 14.3 Å². The van der Waals surface area contributed by atoms with Crippen molar-refractivity contribution in [2.75, 3.05) is 13.2 Å². The fraction of sp³-hybridized carbons (Fsp3) is 0.933. The summed E-state index contributed by atoms with van der Waals surface area (Å²) >= 11 is 0. The lowest BCUT2D eigenvalue weighted by Crippen LogP contribution is -2.59. The minimum atomic E-state index is -1.43. The van der Waals surface area contributed by atoms with Crippen molar-refractivity contribution < 1.29 is 34.7 Å². The SMILES string of the molecule is [N-]=[N+]=NC(=O)CCCCCCCCO[C@@H]1O[C@H](CO)[C@@H](O)[C@H](O)[C@H]1O. The van der Waals surface area contributed by atoms with E-state index in [2.05, 4.69) is 10.0 Å². The first-order valence-corrected chi connectivity index (χ1v) is 8.51. The van der Waals surface area contributed by atoms with Crippen LogP contribution in [-0.4, -0.2) is 70.3 Å². The lowest BCUT2D eigenvalue weighted by Gasteiger charge is -2.39. The van der Waals surface area contributed by atoms with Gasteiger partial charge in [0, 0.05) is 17.9 Å². The van der Waals surface area contributed by atoms with Crippen LogP contribution in [0.25, 0.3) is 10.4 Å². The molecule has 0 bridgehead atoms. The van der Waals surface area contributed by atoms with Crippen LogP contribution in [0.2, 0.25) is 0 Å². The number of azide groups is 1. The second-order valence-corrected chi connectivity index (χ2v) is 6.02. The Morgan fingerprint density at radius 1 is 1.04 bits per heavy atom. The Balaban J connectivity index is 2.07. The molecular weight excluding hydrogens is 334 g/mol. The van der Waals surface area contributed by atoms with E-state index in [0.29, 0.717) is 13.0 Å². The van der Waals surface area contributed by atoms with Crippen molar-refractivity contribution in [1.29, 1.82) is 0 Å². The zero-order valence-corrected chi connectivity index (χ0v) is 14.1. The quantitative estimate of drug-likeness (QED) is 0.178. The number of carbonyl (C=O) groups excluding carboxylic acids is 1. The van der Waals surface area contributed by atoms with Crippen molar-refractivity contribution >= 4 is 5.91 Å². The number of amides is 1. The maximum absolute atomic E-state index is 11.0. The first kappa shape index (κ1) is 21.8. The number of aliphatic hydroxyl groups is 4. The second kappa shape index (κ2) is 12.2. The summed E-state index contributed by atoms with van der Waals surface area (Å²) in [6.07, 6.45) is -0.866. The minimum Gasteiger partial charge on any atom is -0.394 e. The van der Waals surface area contributed by atoms with Gasteiger partial charge in [-0.3, -0.25) is 4.79 Å². The van der Waals surface area contributed by atoms with Crippen LogP contribution in [0.3, 0.4) is 0 Å². The highest BCUT2D eigenvalue weighted by molar-refractivity contribution is 5.76. The van der Waals surface area contributed by atoms with Crippen LogP contribution >= 0.6 is 0 Å². The zero-order valence-electron chi connectivity index (χ0n) is 14.1. The standard InChI is InChI=1S/C15H27N3O7/c16-18-17-11(20)7-5-3-1-2-4-6-8-24-15-14(23)13(22)12(21)10(9-19)25-15/h10,12-15,19,21-23H,1-9H2/t10-,12-,13+,14-,15-/m1/s1. The van der Waals surface area contributed by atoms with Crippen LogP contribution in [0, 0.1) is 0 Å². The molecule has 1 heterocycles. The number of nitrogens with zero attached hydrogens (tertiary/aromatic N) is 3. The Kier molecular flexibility index (Phi) is 10.6. The number of hydrogen-bond acceptors (Lipinski definition) is 7. The molecule has 5 atom stereocenters. The highest BCUT2D eigenvalue weighted by atomic mass is 16.7.